The SMILES string of the molecule is CC[N+]1=C([C@@H](C)NC(=O)Cn2c(=O)[nH]c3cccc(C#N)c3c2=O)NCC(C#N)C1. The number of hydrogen-bond acceptors (Lipinski definition) is 6. The minimum absolute atomic E-state index is 0.0727. The number of H-pyrrole nitrogens is 1. The summed E-state index contributed by atoms with van der Waals surface area (Å²) in [4.78, 5) is 40.2. The highest BCUT2D eigenvalue weighted by atomic mass is 16.2. The van der Waals surface area contributed by atoms with Crippen LogP contribution in [0.25, 0.3) is 10.9 Å². The van der Waals surface area contributed by atoms with Gasteiger partial charge in [0.1, 0.15) is 37.7 Å². The van der Waals surface area contributed by atoms with E-state index in [1.54, 1.807) is 13.0 Å². The number of nitrogens with zero attached hydrogens (tertiary/aromatic N) is 4. The number of hydrogen-bond donors (Lipinski definition) is 3. The van der Waals surface area contributed by atoms with E-state index >= 15 is 0 Å². The van der Waals surface area contributed by atoms with Crippen molar-refractivity contribution in [2.75, 3.05) is 19.6 Å². The van der Waals surface area contributed by atoms with Crippen LogP contribution in [0.4, 0.5) is 0 Å². The molecule has 2 atom stereocenters. The van der Waals surface area contributed by atoms with Gasteiger partial charge in [-0.25, -0.2) is 4.79 Å². The Morgan fingerprint density at radius 3 is 2.83 bits per heavy atom. The molecule has 0 aliphatic carbocycles. The predicted molar refractivity (Wildman–Crippen MR) is 109 cm³/mol. The van der Waals surface area contributed by atoms with Crippen LogP contribution in [0.2, 0.25) is 0 Å². The van der Waals surface area contributed by atoms with Crippen LogP contribution in [-0.2, 0) is 11.3 Å². The molecule has 1 aromatic carbocycles. The number of rotatable bonds is 5. The monoisotopic (exact) mass is 408 g/mol. The van der Waals surface area contributed by atoms with E-state index in [1.165, 1.54) is 12.1 Å². The molecular formula is C20H22N7O3+. The van der Waals surface area contributed by atoms with Gasteiger partial charge in [-0.3, -0.25) is 24.0 Å². The van der Waals surface area contributed by atoms with E-state index in [2.05, 4.69) is 21.7 Å². The fourth-order valence-corrected chi connectivity index (χ4v) is 3.61. The average molecular weight is 408 g/mol. The first-order valence-electron chi connectivity index (χ1n) is 9.60. The van der Waals surface area contributed by atoms with Crippen molar-refractivity contribution in [2.45, 2.75) is 26.4 Å². The molecule has 0 saturated heterocycles. The maximum Gasteiger partial charge on any atom is 0.329 e. The van der Waals surface area contributed by atoms with Crippen molar-refractivity contribution in [2.24, 2.45) is 5.92 Å². The lowest BCUT2D eigenvalue weighted by Crippen LogP contribution is -2.55. The van der Waals surface area contributed by atoms with Crippen LogP contribution < -0.4 is 21.9 Å². The van der Waals surface area contributed by atoms with Gasteiger partial charge in [-0.15, -0.1) is 0 Å². The van der Waals surface area contributed by atoms with Crippen molar-refractivity contribution in [3.8, 4) is 12.1 Å². The van der Waals surface area contributed by atoms with Crippen LogP contribution >= 0.6 is 0 Å². The molecule has 0 radical (unpaired) electrons. The van der Waals surface area contributed by atoms with Gasteiger partial charge < -0.3 is 10.3 Å². The van der Waals surface area contributed by atoms with E-state index in [-0.39, 0.29) is 22.4 Å². The van der Waals surface area contributed by atoms with Crippen molar-refractivity contribution < 1.29 is 9.37 Å². The number of nitriles is 2. The second kappa shape index (κ2) is 8.62. The number of benzene rings is 1. The molecule has 0 bridgehead atoms. The second-order valence-electron chi connectivity index (χ2n) is 7.08. The quantitative estimate of drug-likeness (QED) is 0.554. The summed E-state index contributed by atoms with van der Waals surface area (Å²) in [5, 5.41) is 24.4. The summed E-state index contributed by atoms with van der Waals surface area (Å²) < 4.78 is 2.77. The highest BCUT2D eigenvalue weighted by molar-refractivity contribution is 5.88. The Bertz CT molecular complexity index is 1230. The van der Waals surface area contributed by atoms with E-state index in [9.17, 15) is 19.6 Å². The fourth-order valence-electron chi connectivity index (χ4n) is 3.61. The number of carbonyl (C=O) groups excluding carboxylic acids is 1. The third kappa shape index (κ3) is 3.94. The molecule has 10 nitrogen and oxygen atoms in total. The average Bonchev–Trinajstić information content (AvgIpc) is 2.75. The molecule has 1 aliphatic heterocycles. The zero-order valence-corrected chi connectivity index (χ0v) is 16.7. The lowest BCUT2D eigenvalue weighted by molar-refractivity contribution is -0.536. The number of fused-ring (bicyclic) bond motifs is 1. The van der Waals surface area contributed by atoms with Crippen LogP contribution in [-0.4, -0.2) is 51.5 Å². The van der Waals surface area contributed by atoms with E-state index in [0.717, 1.165) is 10.4 Å². The number of nitrogens with one attached hydrogen (secondary N) is 3. The van der Waals surface area contributed by atoms with Gasteiger partial charge in [0.15, 0.2) is 0 Å². The molecule has 0 spiro atoms. The maximum atomic E-state index is 12.8. The van der Waals surface area contributed by atoms with E-state index in [0.29, 0.717) is 19.6 Å². The third-order valence-corrected chi connectivity index (χ3v) is 5.10. The van der Waals surface area contributed by atoms with Gasteiger partial charge in [-0.05, 0) is 26.0 Å². The van der Waals surface area contributed by atoms with E-state index in [4.69, 9.17) is 5.26 Å². The Balaban J connectivity index is 1.85. The summed E-state index contributed by atoms with van der Waals surface area (Å²) in [5.74, 6) is 0.126. The molecule has 30 heavy (non-hydrogen) atoms. The molecule has 1 aromatic heterocycles. The zero-order valence-electron chi connectivity index (χ0n) is 16.7. The molecule has 0 fully saturated rings. The molecule has 0 saturated carbocycles. The van der Waals surface area contributed by atoms with E-state index in [1.807, 2.05) is 17.6 Å². The number of amides is 1. The lowest BCUT2D eigenvalue weighted by atomic mass is 10.1. The van der Waals surface area contributed by atoms with Crippen molar-refractivity contribution in [1.29, 1.82) is 10.5 Å². The number of aromatic nitrogens is 2. The van der Waals surface area contributed by atoms with Gasteiger partial charge in [0.2, 0.25) is 5.91 Å². The Kier molecular flexibility index (Phi) is 5.98. The lowest BCUT2D eigenvalue weighted by Gasteiger charge is -2.23. The smallest absolute Gasteiger partial charge is 0.329 e. The largest absolute Gasteiger partial charge is 0.341 e. The van der Waals surface area contributed by atoms with Gasteiger partial charge >= 0.3 is 5.69 Å². The topological polar surface area (TPSA) is 147 Å². The van der Waals surface area contributed by atoms with Gasteiger partial charge in [0.05, 0.1) is 29.1 Å². The molecule has 1 amide bonds. The Hall–Kier alpha value is -3.92. The number of amidine groups is 1. The summed E-state index contributed by atoms with van der Waals surface area (Å²) in [6.45, 7) is 4.99. The third-order valence-electron chi connectivity index (χ3n) is 5.10. The summed E-state index contributed by atoms with van der Waals surface area (Å²) in [6, 6.07) is 8.34. The molecule has 3 N–H and O–H groups in total. The van der Waals surface area contributed by atoms with Gasteiger partial charge in [0, 0.05) is 0 Å². The number of aromatic amines is 1. The molecule has 1 unspecified atom stereocenters. The Morgan fingerprint density at radius 2 is 2.17 bits per heavy atom. The second-order valence-corrected chi connectivity index (χ2v) is 7.08. The van der Waals surface area contributed by atoms with Crippen molar-refractivity contribution in [1.82, 2.24) is 20.2 Å². The highest BCUT2D eigenvalue weighted by Crippen LogP contribution is 2.10. The number of carbonyl (C=O) groups is 1. The van der Waals surface area contributed by atoms with Gasteiger partial charge in [0.25, 0.3) is 11.4 Å². The molecule has 2 aromatic rings. The van der Waals surface area contributed by atoms with Crippen molar-refractivity contribution in [3.05, 3.63) is 44.6 Å². The summed E-state index contributed by atoms with van der Waals surface area (Å²) in [5.41, 5.74) is -1.03. The van der Waals surface area contributed by atoms with Crippen LogP contribution in [0.5, 0.6) is 0 Å². The van der Waals surface area contributed by atoms with Gasteiger partial charge in [-0.1, -0.05) is 6.07 Å². The first kappa shape index (κ1) is 20.8. The van der Waals surface area contributed by atoms with Crippen LogP contribution in [0.3, 0.4) is 0 Å². The molecule has 1 aliphatic rings. The molecule has 154 valence electrons. The Morgan fingerprint density at radius 1 is 1.40 bits per heavy atom. The molecular weight excluding hydrogens is 386 g/mol. The first-order valence-corrected chi connectivity index (χ1v) is 9.60. The van der Waals surface area contributed by atoms with Crippen molar-refractivity contribution in [3.63, 3.8) is 0 Å². The van der Waals surface area contributed by atoms with Crippen LogP contribution in [0, 0.1) is 28.6 Å². The summed E-state index contributed by atoms with van der Waals surface area (Å²) >= 11 is 0. The van der Waals surface area contributed by atoms with E-state index < -0.39 is 29.7 Å². The molecule has 10 heteroatoms. The normalized spacial score (nSPS) is 17.0. The standard InChI is InChI=1S/C20H21N7O3/c1-3-26-10-13(7-21)9-23-18(26)12(2)24-16(28)11-27-19(29)17-14(8-22)5-4-6-15(17)25-20(27)30/h4-6,12-13H,3,9-11H2,1-2H3,(H2,24,25,28,29,30)/p+1/t12-,13?/m1/s1. The zero-order chi connectivity index (χ0) is 21.8. The van der Waals surface area contributed by atoms with Crippen molar-refractivity contribution >= 4 is 22.6 Å². The minimum Gasteiger partial charge on any atom is -0.341 e. The molecule has 2 heterocycles. The highest BCUT2D eigenvalue weighted by Gasteiger charge is 2.30. The van der Waals surface area contributed by atoms with Crippen LogP contribution in [0.1, 0.15) is 19.4 Å². The van der Waals surface area contributed by atoms with Gasteiger partial charge in [-0.2, -0.15) is 10.5 Å². The first-order chi connectivity index (χ1) is 14.4. The molecule has 3 rings (SSSR count). The van der Waals surface area contributed by atoms with Crippen LogP contribution in [0.15, 0.2) is 27.8 Å². The maximum absolute atomic E-state index is 12.8. The predicted octanol–water partition coefficient (Wildman–Crippen LogP) is -0.760. The summed E-state index contributed by atoms with van der Waals surface area (Å²) in [7, 11) is 0. The summed E-state index contributed by atoms with van der Waals surface area (Å²) in [6.07, 6.45) is 0. The minimum atomic E-state index is -0.721. The fraction of sp³-hybridized carbons (Fsp3) is 0.400. The Labute approximate surface area is 172 Å².